The average molecular weight is 446 g/mol. The number of aryl methyl sites for hydroxylation is 1. The Morgan fingerprint density at radius 3 is 2.39 bits per heavy atom. The van der Waals surface area contributed by atoms with E-state index < -0.39 is 15.9 Å². The molecule has 1 heterocycles. The smallest absolute Gasteiger partial charge is 0.269 e. The minimum atomic E-state index is -3.64. The maximum Gasteiger partial charge on any atom is 0.269 e. The van der Waals surface area contributed by atoms with E-state index in [-0.39, 0.29) is 22.8 Å². The molecule has 1 saturated heterocycles. The van der Waals surface area contributed by atoms with Crippen molar-refractivity contribution in [3.8, 4) is 5.75 Å². The van der Waals surface area contributed by atoms with Gasteiger partial charge >= 0.3 is 0 Å². The monoisotopic (exact) mass is 445 g/mol. The van der Waals surface area contributed by atoms with Crippen LogP contribution in [0.4, 0.5) is 0 Å². The second kappa shape index (κ2) is 10.4. The van der Waals surface area contributed by atoms with E-state index in [4.69, 9.17) is 4.74 Å². The first kappa shape index (κ1) is 22.8. The molecule has 0 radical (unpaired) electrons. The quantitative estimate of drug-likeness (QED) is 0.636. The van der Waals surface area contributed by atoms with Crippen molar-refractivity contribution in [2.45, 2.75) is 37.0 Å². The summed E-state index contributed by atoms with van der Waals surface area (Å²) in [5, 5.41) is 0. The fourth-order valence-electron chi connectivity index (χ4n) is 3.36. The summed E-state index contributed by atoms with van der Waals surface area (Å²) in [5.74, 6) is -0.181. The lowest BCUT2D eigenvalue weighted by molar-refractivity contribution is -0.121. The number of hydrogen-bond donors (Lipinski definition) is 2. The number of benzene rings is 2. The molecular weight excluding hydrogens is 418 g/mol. The second-order valence-electron chi connectivity index (χ2n) is 7.34. The molecule has 2 aromatic rings. The molecule has 1 aliphatic heterocycles. The van der Waals surface area contributed by atoms with Crippen molar-refractivity contribution in [1.29, 1.82) is 0 Å². The number of sulfonamides is 1. The number of rotatable bonds is 7. The van der Waals surface area contributed by atoms with Crippen molar-refractivity contribution in [3.05, 3.63) is 59.7 Å². The van der Waals surface area contributed by atoms with E-state index in [9.17, 15) is 18.0 Å². The number of nitrogens with zero attached hydrogens (tertiary/aromatic N) is 1. The SMILES string of the molecule is COc1ccc(CCC(=O)NNC(=O)c2cccc(S(=O)(=O)N3CCCCC3)c2)cc1. The summed E-state index contributed by atoms with van der Waals surface area (Å²) >= 11 is 0. The lowest BCUT2D eigenvalue weighted by Gasteiger charge is -2.26. The molecule has 1 fully saturated rings. The summed E-state index contributed by atoms with van der Waals surface area (Å²) in [7, 11) is -2.05. The molecule has 0 spiro atoms. The van der Waals surface area contributed by atoms with Gasteiger partial charge in [-0.1, -0.05) is 24.6 Å². The highest BCUT2D eigenvalue weighted by Gasteiger charge is 2.26. The Balaban J connectivity index is 1.54. The number of carbonyl (C=O) groups is 2. The Hall–Kier alpha value is -2.91. The van der Waals surface area contributed by atoms with Crippen LogP contribution in [0.2, 0.25) is 0 Å². The first-order valence-corrected chi connectivity index (χ1v) is 11.7. The third-order valence-corrected chi connectivity index (χ3v) is 7.06. The fraction of sp³-hybridized carbons (Fsp3) is 0.364. The van der Waals surface area contributed by atoms with E-state index in [1.165, 1.54) is 28.6 Å². The van der Waals surface area contributed by atoms with Crippen LogP contribution in [-0.2, 0) is 21.2 Å². The fourth-order valence-corrected chi connectivity index (χ4v) is 4.93. The number of hydrazine groups is 1. The number of hydrogen-bond acceptors (Lipinski definition) is 5. The Morgan fingerprint density at radius 1 is 1.00 bits per heavy atom. The van der Waals surface area contributed by atoms with Crippen LogP contribution in [0.15, 0.2) is 53.4 Å². The predicted molar refractivity (Wildman–Crippen MR) is 116 cm³/mol. The maximum absolute atomic E-state index is 12.8. The van der Waals surface area contributed by atoms with Gasteiger partial charge in [-0.25, -0.2) is 8.42 Å². The van der Waals surface area contributed by atoms with Crippen LogP contribution in [0.5, 0.6) is 5.75 Å². The van der Waals surface area contributed by atoms with Crippen molar-refractivity contribution in [2.24, 2.45) is 0 Å². The van der Waals surface area contributed by atoms with Gasteiger partial charge < -0.3 is 4.74 Å². The van der Waals surface area contributed by atoms with Crippen LogP contribution < -0.4 is 15.6 Å². The molecule has 0 bridgehead atoms. The van der Waals surface area contributed by atoms with E-state index in [0.29, 0.717) is 19.5 Å². The number of methoxy groups -OCH3 is 1. The zero-order valence-corrected chi connectivity index (χ0v) is 18.3. The molecule has 166 valence electrons. The minimum absolute atomic E-state index is 0.0767. The number of carbonyl (C=O) groups excluding carboxylic acids is 2. The summed E-state index contributed by atoms with van der Waals surface area (Å²) in [6.45, 7) is 0.978. The van der Waals surface area contributed by atoms with Gasteiger partial charge in [0.15, 0.2) is 0 Å². The van der Waals surface area contributed by atoms with E-state index in [0.717, 1.165) is 30.6 Å². The summed E-state index contributed by atoms with van der Waals surface area (Å²) in [6, 6.07) is 13.2. The van der Waals surface area contributed by atoms with Gasteiger partial charge in [0.25, 0.3) is 5.91 Å². The molecule has 31 heavy (non-hydrogen) atoms. The zero-order chi connectivity index (χ0) is 22.3. The largest absolute Gasteiger partial charge is 0.497 e. The topological polar surface area (TPSA) is 105 Å². The minimum Gasteiger partial charge on any atom is -0.497 e. The molecule has 0 unspecified atom stereocenters. The molecular formula is C22H27N3O5S. The molecule has 9 heteroatoms. The van der Waals surface area contributed by atoms with Crippen molar-refractivity contribution in [1.82, 2.24) is 15.2 Å². The summed E-state index contributed by atoms with van der Waals surface area (Å²) < 4.78 is 32.2. The maximum atomic E-state index is 12.8. The number of nitrogens with one attached hydrogen (secondary N) is 2. The van der Waals surface area contributed by atoms with E-state index in [1.807, 2.05) is 24.3 Å². The lowest BCUT2D eigenvalue weighted by atomic mass is 10.1. The van der Waals surface area contributed by atoms with Crippen molar-refractivity contribution >= 4 is 21.8 Å². The molecule has 2 amide bonds. The van der Waals surface area contributed by atoms with Crippen LogP contribution in [0.3, 0.4) is 0 Å². The van der Waals surface area contributed by atoms with Gasteiger partial charge in [-0.15, -0.1) is 0 Å². The van der Waals surface area contributed by atoms with Crippen molar-refractivity contribution in [2.75, 3.05) is 20.2 Å². The first-order chi connectivity index (χ1) is 14.9. The van der Waals surface area contributed by atoms with E-state index in [1.54, 1.807) is 7.11 Å². The van der Waals surface area contributed by atoms with Gasteiger partial charge in [0.05, 0.1) is 12.0 Å². The van der Waals surface area contributed by atoms with Crippen molar-refractivity contribution < 1.29 is 22.7 Å². The third kappa shape index (κ3) is 6.05. The highest BCUT2D eigenvalue weighted by molar-refractivity contribution is 7.89. The van der Waals surface area contributed by atoms with E-state index in [2.05, 4.69) is 10.9 Å². The second-order valence-corrected chi connectivity index (χ2v) is 9.28. The first-order valence-electron chi connectivity index (χ1n) is 10.2. The Labute approximate surface area is 182 Å². The molecule has 0 aliphatic carbocycles. The Kier molecular flexibility index (Phi) is 7.64. The summed E-state index contributed by atoms with van der Waals surface area (Å²) in [6.07, 6.45) is 3.39. The predicted octanol–water partition coefficient (Wildman–Crippen LogP) is 2.26. The highest BCUT2D eigenvalue weighted by Crippen LogP contribution is 2.21. The van der Waals surface area contributed by atoms with E-state index >= 15 is 0 Å². The Morgan fingerprint density at radius 2 is 1.71 bits per heavy atom. The molecule has 2 N–H and O–H groups in total. The van der Waals surface area contributed by atoms with Crippen LogP contribution in [0, 0.1) is 0 Å². The van der Waals surface area contributed by atoms with Gasteiger partial charge in [-0.05, 0) is 55.2 Å². The normalized spacial score (nSPS) is 14.6. The molecule has 2 aromatic carbocycles. The standard InChI is InChI=1S/C22H27N3O5S/c1-30-19-11-8-17(9-12-19)10-13-21(26)23-24-22(27)18-6-5-7-20(16-18)31(28,29)25-14-3-2-4-15-25/h5-9,11-12,16H,2-4,10,13-15H2,1H3,(H,23,26)(H,24,27). The number of piperidine rings is 1. The van der Waals surface area contributed by atoms with Crippen LogP contribution >= 0.6 is 0 Å². The zero-order valence-electron chi connectivity index (χ0n) is 17.5. The molecule has 0 aromatic heterocycles. The van der Waals surface area contributed by atoms with Crippen LogP contribution in [-0.4, -0.2) is 44.7 Å². The van der Waals surface area contributed by atoms with Gasteiger partial charge in [0.1, 0.15) is 5.75 Å². The summed E-state index contributed by atoms with van der Waals surface area (Å²) in [4.78, 5) is 24.5. The van der Waals surface area contributed by atoms with Gasteiger partial charge in [0, 0.05) is 25.1 Å². The Bertz CT molecular complexity index is 1020. The molecule has 1 aliphatic rings. The molecule has 8 nitrogen and oxygen atoms in total. The van der Waals surface area contributed by atoms with Gasteiger partial charge in [-0.2, -0.15) is 4.31 Å². The lowest BCUT2D eigenvalue weighted by Crippen LogP contribution is -2.41. The van der Waals surface area contributed by atoms with Gasteiger partial charge in [-0.3, -0.25) is 20.4 Å². The van der Waals surface area contributed by atoms with Crippen LogP contribution in [0.25, 0.3) is 0 Å². The van der Waals surface area contributed by atoms with Gasteiger partial charge in [0.2, 0.25) is 15.9 Å². The van der Waals surface area contributed by atoms with Crippen LogP contribution in [0.1, 0.15) is 41.6 Å². The van der Waals surface area contributed by atoms with Crippen molar-refractivity contribution in [3.63, 3.8) is 0 Å². The summed E-state index contributed by atoms with van der Waals surface area (Å²) in [5.41, 5.74) is 5.85. The number of amides is 2. The molecule has 3 rings (SSSR count). The average Bonchev–Trinajstić information content (AvgIpc) is 2.82. The number of ether oxygens (including phenoxy) is 1. The molecule has 0 saturated carbocycles. The molecule has 0 atom stereocenters. The highest BCUT2D eigenvalue weighted by atomic mass is 32.2. The third-order valence-electron chi connectivity index (χ3n) is 5.16.